The minimum atomic E-state index is -1.36. The monoisotopic (exact) mass is 550 g/mol. The van der Waals surface area contributed by atoms with Crippen molar-refractivity contribution in [3.05, 3.63) is 42.0 Å². The Morgan fingerprint density at radius 1 is 0.724 bits per heavy atom. The molecule has 0 aliphatic heterocycles. The molecule has 2 rings (SSSR count). The van der Waals surface area contributed by atoms with Crippen LogP contribution in [0.3, 0.4) is 0 Å². The fourth-order valence-corrected chi connectivity index (χ4v) is 8.60. The molecule has 0 fully saturated rings. The van der Waals surface area contributed by atoms with E-state index in [-0.39, 0.29) is 24.8 Å². The molecule has 2 nitrogen and oxygen atoms in total. The summed E-state index contributed by atoms with van der Waals surface area (Å²) in [5.74, 6) is 0. The molecular weight excluding hydrogens is 515 g/mol. The second kappa shape index (κ2) is 14.0. The van der Waals surface area contributed by atoms with Gasteiger partial charge >= 0.3 is 182 Å². The van der Waals surface area contributed by atoms with Gasteiger partial charge in [0.05, 0.1) is 0 Å². The Morgan fingerprint density at radius 2 is 1.10 bits per heavy atom. The third-order valence-corrected chi connectivity index (χ3v) is 10.8. The molecule has 0 saturated heterocycles. The summed E-state index contributed by atoms with van der Waals surface area (Å²) >= 11 is -0.608. The van der Waals surface area contributed by atoms with Crippen LogP contribution >= 0.6 is 0 Å². The van der Waals surface area contributed by atoms with Gasteiger partial charge in [-0.25, -0.2) is 0 Å². The van der Waals surface area contributed by atoms with Crippen LogP contribution < -0.4 is 24.8 Å². The zero-order valence-corrected chi connectivity index (χ0v) is 25.0. The second-order valence-electron chi connectivity index (χ2n) is 9.47. The topological polar surface area (TPSA) is 18.5 Å². The van der Waals surface area contributed by atoms with Gasteiger partial charge in [0.2, 0.25) is 0 Å². The molecule has 0 bridgehead atoms. The molecule has 0 radical (unpaired) electrons. The molecule has 0 aromatic carbocycles. The number of allylic oxidation sites excluding steroid dienone is 8. The van der Waals surface area contributed by atoms with Crippen LogP contribution in [0.2, 0.25) is 39.3 Å². The Balaban J connectivity index is 0.00000392. The largest absolute Gasteiger partial charge is 1.00 e. The van der Waals surface area contributed by atoms with Crippen molar-refractivity contribution >= 4 is 16.6 Å². The zero-order valence-electron chi connectivity index (χ0n) is 19.0. The molecule has 0 spiro atoms. The molecule has 0 N–H and O–H groups in total. The summed E-state index contributed by atoms with van der Waals surface area (Å²) < 4.78 is 15.7. The van der Waals surface area contributed by atoms with E-state index < -0.39 is 39.9 Å². The molecule has 7 heteroatoms. The van der Waals surface area contributed by atoms with E-state index in [0.29, 0.717) is 0 Å². The van der Waals surface area contributed by atoms with Crippen molar-refractivity contribution in [2.45, 2.75) is 77.8 Å². The summed E-state index contributed by atoms with van der Waals surface area (Å²) in [6, 6.07) is 0. The maximum absolute atomic E-state index is 6.03. The van der Waals surface area contributed by atoms with Gasteiger partial charge in [0.1, 0.15) is 0 Å². The van der Waals surface area contributed by atoms with Crippen LogP contribution in [-0.2, 0) is 32.1 Å². The van der Waals surface area contributed by atoms with E-state index in [4.69, 9.17) is 8.85 Å². The van der Waals surface area contributed by atoms with E-state index in [0.717, 1.165) is 13.2 Å². The minimum absolute atomic E-state index is 0. The summed E-state index contributed by atoms with van der Waals surface area (Å²) in [4.78, 5) is 0. The van der Waals surface area contributed by atoms with Crippen LogP contribution in [0.25, 0.3) is 0 Å². The smallest absolute Gasteiger partial charge is 1.00 e. The number of rotatable bonds is 12. The summed E-state index contributed by atoms with van der Waals surface area (Å²) in [6.45, 7) is 15.5. The van der Waals surface area contributed by atoms with Crippen molar-refractivity contribution in [3.63, 3.8) is 0 Å². The van der Waals surface area contributed by atoms with E-state index in [1.165, 1.54) is 38.5 Å². The second-order valence-corrected chi connectivity index (χ2v) is 22.1. The zero-order chi connectivity index (χ0) is 19.9. The van der Waals surface area contributed by atoms with Crippen molar-refractivity contribution in [1.29, 1.82) is 0 Å². The van der Waals surface area contributed by atoms with E-state index in [1.807, 2.05) is 0 Å². The number of hydrogen-bond donors (Lipinski definition) is 0. The first-order valence-electron chi connectivity index (χ1n) is 10.5. The molecule has 0 unspecified atom stereocenters. The Hall–Kier alpha value is 0.777. The third kappa shape index (κ3) is 12.4. The molecule has 0 saturated carbocycles. The first-order chi connectivity index (χ1) is 12.6. The van der Waals surface area contributed by atoms with E-state index in [1.54, 1.807) is 17.7 Å². The Bertz CT molecular complexity index is 576. The van der Waals surface area contributed by atoms with Gasteiger partial charge in [0.15, 0.2) is 0 Å². The van der Waals surface area contributed by atoms with E-state index in [2.05, 4.69) is 63.6 Å². The standard InChI is InChI=1S/2C11H19OSi.2ClH.Zr/c2*1-13(2,3)12-10-6-9-11-7-4-5-8-11;;;/h2*4,7H,5-6,9-10H2,1-3H3;2*1H;/q;;;;+2/p-2. The normalized spacial score (nSPS) is 16.2. The van der Waals surface area contributed by atoms with Gasteiger partial charge in [-0.15, -0.1) is 0 Å². The first-order valence-corrected chi connectivity index (χ1v) is 19.7. The summed E-state index contributed by atoms with van der Waals surface area (Å²) in [6.07, 6.45) is 16.7. The quantitative estimate of drug-likeness (QED) is 0.263. The predicted molar refractivity (Wildman–Crippen MR) is 119 cm³/mol. The molecule has 0 amide bonds. The molecular formula is C22H38Cl2O2Si2Zr. The van der Waals surface area contributed by atoms with Crippen LogP contribution in [0.5, 0.6) is 0 Å². The number of hydrogen-bond acceptors (Lipinski definition) is 2. The molecule has 0 aromatic rings. The predicted octanol–water partition coefficient (Wildman–Crippen LogP) is 0.768. The Morgan fingerprint density at radius 3 is 1.45 bits per heavy atom. The van der Waals surface area contributed by atoms with Crippen LogP contribution in [0.1, 0.15) is 38.5 Å². The Labute approximate surface area is 205 Å². The van der Waals surface area contributed by atoms with Gasteiger partial charge in [-0.1, -0.05) is 0 Å². The summed E-state index contributed by atoms with van der Waals surface area (Å²) in [5.41, 5.74) is 3.28. The van der Waals surface area contributed by atoms with Crippen molar-refractivity contribution in [1.82, 2.24) is 0 Å². The average Bonchev–Trinajstić information content (AvgIpc) is 3.16. The van der Waals surface area contributed by atoms with Gasteiger partial charge in [0, 0.05) is 0 Å². The molecule has 164 valence electrons. The number of halogens is 2. The van der Waals surface area contributed by atoms with Crippen LogP contribution in [0.15, 0.2) is 42.0 Å². The molecule has 29 heavy (non-hydrogen) atoms. The summed E-state index contributed by atoms with van der Waals surface area (Å²) in [5, 5.41) is 0. The van der Waals surface area contributed by atoms with Crippen molar-refractivity contribution in [2.24, 2.45) is 0 Å². The van der Waals surface area contributed by atoms with Gasteiger partial charge in [0.25, 0.3) is 0 Å². The van der Waals surface area contributed by atoms with Gasteiger partial charge < -0.3 is 24.8 Å². The van der Waals surface area contributed by atoms with Crippen molar-refractivity contribution in [3.8, 4) is 0 Å². The van der Waals surface area contributed by atoms with Gasteiger partial charge in [-0.3, -0.25) is 0 Å². The fraction of sp³-hybridized carbons (Fsp3) is 0.636. The van der Waals surface area contributed by atoms with Crippen LogP contribution in [-0.4, -0.2) is 29.8 Å². The summed E-state index contributed by atoms with van der Waals surface area (Å²) in [7, 11) is -2.73. The molecule has 0 aromatic heterocycles. The van der Waals surface area contributed by atoms with Crippen molar-refractivity contribution in [2.75, 3.05) is 13.2 Å². The Kier molecular flexibility index (Phi) is 14.4. The molecule has 2 aliphatic carbocycles. The maximum Gasteiger partial charge on any atom is -1.00 e. The van der Waals surface area contributed by atoms with Crippen molar-refractivity contribution < 1.29 is 56.9 Å². The van der Waals surface area contributed by atoms with Gasteiger partial charge in [-0.05, 0) is 0 Å². The minimum Gasteiger partial charge on any atom is -1.00 e. The average molecular weight is 553 g/mol. The maximum atomic E-state index is 6.03. The first kappa shape index (κ1) is 29.8. The van der Waals surface area contributed by atoms with Gasteiger partial charge in [-0.2, -0.15) is 0 Å². The van der Waals surface area contributed by atoms with E-state index in [9.17, 15) is 0 Å². The van der Waals surface area contributed by atoms with Crippen LogP contribution in [0, 0.1) is 0 Å². The molecule has 2 aliphatic rings. The molecule has 0 heterocycles. The SMILES string of the molecule is C[Si](C)(C)OCCCC1=[C]([Zr+2][C]2=C(CCCO[Si](C)(C)C)C=CC2)CC=C1.[Cl-].[Cl-]. The third-order valence-electron chi connectivity index (χ3n) is 4.61. The molecule has 0 atom stereocenters. The van der Waals surface area contributed by atoms with E-state index >= 15 is 0 Å². The fourth-order valence-electron chi connectivity index (χ4n) is 3.30. The van der Waals surface area contributed by atoms with Crippen LogP contribution in [0.4, 0.5) is 0 Å².